The van der Waals surface area contributed by atoms with Crippen molar-refractivity contribution in [2.75, 3.05) is 27.7 Å². The number of carbonyl (C=O) groups is 1. The van der Waals surface area contributed by atoms with Gasteiger partial charge in [-0.25, -0.2) is 0 Å². The average molecular weight is 202 g/mol. The Balaban J connectivity index is 0. The van der Waals surface area contributed by atoms with E-state index in [4.69, 9.17) is 0 Å². The highest BCUT2D eigenvalue weighted by Gasteiger charge is 2.12. The van der Waals surface area contributed by atoms with E-state index in [9.17, 15) is 4.79 Å². The molecule has 3 heteroatoms. The molecule has 3 nitrogen and oxygen atoms in total. The summed E-state index contributed by atoms with van der Waals surface area (Å²) in [6.45, 7) is 3.03. The van der Waals surface area contributed by atoms with Gasteiger partial charge in [0.1, 0.15) is 5.78 Å². The van der Waals surface area contributed by atoms with Gasteiger partial charge in [0.2, 0.25) is 0 Å². The van der Waals surface area contributed by atoms with Gasteiger partial charge in [0.05, 0.1) is 6.04 Å². The molecule has 0 bridgehead atoms. The Hall–Kier alpha value is -0.410. The van der Waals surface area contributed by atoms with Crippen molar-refractivity contribution in [2.45, 2.75) is 38.6 Å². The summed E-state index contributed by atoms with van der Waals surface area (Å²) in [7, 11) is 6.02. The number of unbranched alkanes of at least 4 members (excludes halogenated alkanes) is 1. The van der Waals surface area contributed by atoms with E-state index in [1.165, 1.54) is 6.42 Å². The van der Waals surface area contributed by atoms with Gasteiger partial charge in [-0.05, 0) is 40.5 Å². The maximum atomic E-state index is 11.4. The van der Waals surface area contributed by atoms with Crippen LogP contribution in [0.3, 0.4) is 0 Å². The van der Waals surface area contributed by atoms with Crippen LogP contribution in [0.15, 0.2) is 0 Å². The SMILES string of the molecule is CCC(=O)[C@H](CCCCN(C)C)NC.[HH]. The Kier molecular flexibility index (Phi) is 7.71. The summed E-state index contributed by atoms with van der Waals surface area (Å²) in [6.07, 6.45) is 3.90. The Morgan fingerprint density at radius 3 is 2.50 bits per heavy atom. The molecule has 86 valence electrons. The van der Waals surface area contributed by atoms with E-state index in [1.807, 2.05) is 14.0 Å². The molecule has 0 aromatic rings. The van der Waals surface area contributed by atoms with Gasteiger partial charge in [-0.2, -0.15) is 0 Å². The van der Waals surface area contributed by atoms with Crippen LogP contribution in [0.1, 0.15) is 34.0 Å². The summed E-state index contributed by atoms with van der Waals surface area (Å²) in [6, 6.07) is 0.0714. The molecule has 1 atom stereocenters. The fourth-order valence-electron chi connectivity index (χ4n) is 1.49. The maximum absolute atomic E-state index is 11.4. The van der Waals surface area contributed by atoms with Crippen LogP contribution in [0.4, 0.5) is 0 Å². The minimum absolute atomic E-state index is 0. The molecule has 0 saturated heterocycles. The molecule has 0 aromatic carbocycles. The van der Waals surface area contributed by atoms with Gasteiger partial charge in [0.25, 0.3) is 0 Å². The minimum Gasteiger partial charge on any atom is -0.311 e. The lowest BCUT2D eigenvalue weighted by Gasteiger charge is -2.14. The van der Waals surface area contributed by atoms with E-state index in [1.54, 1.807) is 0 Å². The molecule has 1 N–H and O–H groups in total. The van der Waals surface area contributed by atoms with Crippen molar-refractivity contribution in [2.24, 2.45) is 0 Å². The first-order valence-electron chi connectivity index (χ1n) is 5.46. The summed E-state index contributed by atoms with van der Waals surface area (Å²) in [5.41, 5.74) is 0. The third-order valence-corrected chi connectivity index (χ3v) is 2.43. The smallest absolute Gasteiger partial charge is 0.149 e. The van der Waals surface area contributed by atoms with Crippen molar-refractivity contribution < 1.29 is 6.22 Å². The monoisotopic (exact) mass is 202 g/mol. The predicted molar refractivity (Wildman–Crippen MR) is 62.7 cm³/mol. The highest BCUT2D eigenvalue weighted by atomic mass is 16.1. The van der Waals surface area contributed by atoms with Crippen LogP contribution >= 0.6 is 0 Å². The normalized spacial score (nSPS) is 13.2. The molecule has 0 radical (unpaired) electrons. The van der Waals surface area contributed by atoms with Crippen LogP contribution in [-0.2, 0) is 4.79 Å². The highest BCUT2D eigenvalue weighted by Crippen LogP contribution is 2.04. The summed E-state index contributed by atoms with van der Waals surface area (Å²) in [5.74, 6) is 0.331. The van der Waals surface area contributed by atoms with Crippen molar-refractivity contribution in [1.29, 1.82) is 0 Å². The summed E-state index contributed by atoms with van der Waals surface area (Å²) >= 11 is 0. The second-order valence-corrected chi connectivity index (χ2v) is 3.96. The number of nitrogens with one attached hydrogen (secondary N) is 1. The predicted octanol–water partition coefficient (Wildman–Crippen LogP) is 1.53. The Bertz CT molecular complexity index is 163. The molecule has 0 aliphatic heterocycles. The fraction of sp³-hybridized carbons (Fsp3) is 0.909. The third-order valence-electron chi connectivity index (χ3n) is 2.43. The first-order valence-corrected chi connectivity index (χ1v) is 5.46. The molecule has 0 aliphatic rings. The number of ketones is 1. The second kappa shape index (κ2) is 7.94. The van der Waals surface area contributed by atoms with Gasteiger partial charge in [-0.3, -0.25) is 4.79 Å². The number of hydrogen-bond donors (Lipinski definition) is 1. The zero-order valence-corrected chi connectivity index (χ0v) is 9.97. The minimum atomic E-state index is 0. The molecule has 0 aromatic heterocycles. The van der Waals surface area contributed by atoms with Crippen molar-refractivity contribution in [1.82, 2.24) is 10.2 Å². The number of nitrogens with zero attached hydrogens (tertiary/aromatic N) is 1. The molecule has 0 aliphatic carbocycles. The number of rotatable bonds is 8. The Morgan fingerprint density at radius 2 is 2.07 bits per heavy atom. The van der Waals surface area contributed by atoms with E-state index >= 15 is 0 Å². The van der Waals surface area contributed by atoms with Crippen molar-refractivity contribution >= 4 is 5.78 Å². The van der Waals surface area contributed by atoms with Crippen LogP contribution in [-0.4, -0.2) is 44.4 Å². The number of Topliss-reactive ketones (excluding diaryl/α,β-unsaturated/α-hetero) is 1. The van der Waals surface area contributed by atoms with Gasteiger partial charge in [-0.15, -0.1) is 0 Å². The van der Waals surface area contributed by atoms with Gasteiger partial charge in [0, 0.05) is 7.85 Å². The average Bonchev–Trinajstić information content (AvgIpc) is 2.16. The third kappa shape index (κ3) is 6.11. The van der Waals surface area contributed by atoms with E-state index < -0.39 is 0 Å². The first-order chi connectivity index (χ1) is 6.61. The number of hydrogen-bond acceptors (Lipinski definition) is 3. The summed E-state index contributed by atoms with van der Waals surface area (Å²) in [4.78, 5) is 13.6. The fourth-order valence-corrected chi connectivity index (χ4v) is 1.49. The standard InChI is InChI=1S/C11H24N2O.H2/c1-5-11(14)10(12-2)8-6-7-9-13(3)4;/h10,12H,5-9H2,1-4H3;1H/t10-;/m0./s1. The molecule has 0 amide bonds. The largest absolute Gasteiger partial charge is 0.311 e. The molecular weight excluding hydrogens is 176 g/mol. The van der Waals surface area contributed by atoms with E-state index in [0.717, 1.165) is 19.4 Å². The van der Waals surface area contributed by atoms with E-state index in [-0.39, 0.29) is 7.47 Å². The number of likely N-dealkylation sites (N-methyl/N-ethyl adjacent to an activating group) is 1. The molecule has 14 heavy (non-hydrogen) atoms. The molecule has 0 heterocycles. The van der Waals surface area contributed by atoms with Gasteiger partial charge >= 0.3 is 0 Å². The molecule has 0 rings (SSSR count). The second-order valence-electron chi connectivity index (χ2n) is 3.96. The van der Waals surface area contributed by atoms with Crippen LogP contribution in [0.5, 0.6) is 0 Å². The van der Waals surface area contributed by atoms with E-state index in [0.29, 0.717) is 12.2 Å². The van der Waals surface area contributed by atoms with E-state index in [2.05, 4.69) is 24.3 Å². The molecule has 0 fully saturated rings. The van der Waals surface area contributed by atoms with Crippen molar-refractivity contribution in [3.63, 3.8) is 0 Å². The highest BCUT2D eigenvalue weighted by molar-refractivity contribution is 5.83. The Labute approximate surface area is 89.3 Å². The zero-order chi connectivity index (χ0) is 11.0. The van der Waals surface area contributed by atoms with Gasteiger partial charge in [-0.1, -0.05) is 13.3 Å². The quantitative estimate of drug-likeness (QED) is 0.606. The molecule has 0 unspecified atom stereocenters. The molecular formula is C11H26N2O. The van der Waals surface area contributed by atoms with Crippen molar-refractivity contribution in [3.05, 3.63) is 0 Å². The van der Waals surface area contributed by atoms with Crippen molar-refractivity contribution in [3.8, 4) is 0 Å². The van der Waals surface area contributed by atoms with Gasteiger partial charge in [0.15, 0.2) is 0 Å². The lowest BCUT2D eigenvalue weighted by Crippen LogP contribution is -2.33. The van der Waals surface area contributed by atoms with Gasteiger partial charge < -0.3 is 10.2 Å². The number of carbonyl (C=O) groups excluding carboxylic acids is 1. The van der Waals surface area contributed by atoms with Crippen LogP contribution in [0.25, 0.3) is 0 Å². The topological polar surface area (TPSA) is 32.3 Å². The van der Waals surface area contributed by atoms with Crippen LogP contribution < -0.4 is 5.32 Å². The zero-order valence-electron chi connectivity index (χ0n) is 9.97. The maximum Gasteiger partial charge on any atom is 0.149 e. The Morgan fingerprint density at radius 1 is 1.43 bits per heavy atom. The lowest BCUT2D eigenvalue weighted by atomic mass is 10.0. The first kappa shape index (κ1) is 13.6. The summed E-state index contributed by atoms with van der Waals surface area (Å²) < 4.78 is 0. The molecule has 0 spiro atoms. The molecule has 0 saturated carbocycles. The summed E-state index contributed by atoms with van der Waals surface area (Å²) in [5, 5.41) is 3.08. The van der Waals surface area contributed by atoms with Crippen LogP contribution in [0, 0.1) is 0 Å². The lowest BCUT2D eigenvalue weighted by molar-refractivity contribution is -0.120. The van der Waals surface area contributed by atoms with Crippen LogP contribution in [0.2, 0.25) is 0 Å².